The number of nitrogens with zero attached hydrogens (tertiary/aromatic N) is 3. The number of hydrogen-bond acceptors (Lipinski definition) is 5. The second kappa shape index (κ2) is 7.42. The van der Waals surface area contributed by atoms with E-state index in [2.05, 4.69) is 9.97 Å². The molecule has 1 aliphatic rings. The highest BCUT2D eigenvalue weighted by atomic mass is 16.4. The smallest absolute Gasteiger partial charge is 0.413 e. The minimum atomic E-state index is -1.91. The third-order valence-electron chi connectivity index (χ3n) is 5.93. The van der Waals surface area contributed by atoms with Gasteiger partial charge in [0.2, 0.25) is 11.9 Å². The predicted molar refractivity (Wildman–Crippen MR) is 124 cm³/mol. The van der Waals surface area contributed by atoms with Crippen molar-refractivity contribution in [2.75, 3.05) is 16.8 Å². The van der Waals surface area contributed by atoms with E-state index in [1.54, 1.807) is 54.6 Å². The monoisotopic (exact) mass is 457 g/mol. The van der Waals surface area contributed by atoms with E-state index in [4.69, 9.17) is 5.73 Å². The fourth-order valence-electron chi connectivity index (χ4n) is 4.21. The van der Waals surface area contributed by atoms with Gasteiger partial charge in [-0.1, -0.05) is 30.3 Å². The van der Waals surface area contributed by atoms with Crippen LogP contribution in [0.5, 0.6) is 0 Å². The molecule has 0 saturated heterocycles. The number of hydrogen-bond donors (Lipinski definition) is 4. The number of rotatable bonds is 4. The lowest BCUT2D eigenvalue weighted by molar-refractivity contribution is 0.0703. The van der Waals surface area contributed by atoms with Crippen LogP contribution in [0.25, 0.3) is 11.0 Å². The summed E-state index contributed by atoms with van der Waals surface area (Å²) in [5.74, 6) is -1.00. The summed E-state index contributed by atoms with van der Waals surface area (Å²) in [6, 6.07) is 17.7. The first-order valence-electron chi connectivity index (χ1n) is 10.2. The summed E-state index contributed by atoms with van der Waals surface area (Å²) in [4.78, 5) is 45.9. The standard InChI is InChI=1S/C24H19N5O5/c1-28(23(32)33)22-26-18-10-9-14(12-19(18)27-22)24(34)17-8-3-2-7-16(17)21(31)29(24)15-6-4-5-13(11-15)20(25)30/h2-12,34H,1H3,(H2,25,30)(H,26,27)(H,32,33). The molecule has 5 rings (SSSR count). The van der Waals surface area contributed by atoms with E-state index in [0.29, 0.717) is 27.7 Å². The number of carbonyl (C=O) groups is 3. The molecule has 3 amide bonds. The van der Waals surface area contributed by atoms with Gasteiger partial charge in [0.1, 0.15) is 0 Å². The average molecular weight is 457 g/mol. The first-order valence-corrected chi connectivity index (χ1v) is 10.2. The number of carboxylic acid groups (broad SMARTS) is 1. The Morgan fingerprint density at radius 2 is 1.85 bits per heavy atom. The van der Waals surface area contributed by atoms with Crippen molar-refractivity contribution >= 4 is 40.6 Å². The number of anilines is 2. The van der Waals surface area contributed by atoms with Gasteiger partial charge in [0, 0.05) is 35.0 Å². The van der Waals surface area contributed by atoms with E-state index in [1.165, 1.54) is 24.1 Å². The Hall–Kier alpha value is -4.70. The van der Waals surface area contributed by atoms with E-state index in [-0.39, 0.29) is 17.2 Å². The molecule has 1 atom stereocenters. The normalized spacial score (nSPS) is 17.1. The highest BCUT2D eigenvalue weighted by Gasteiger charge is 2.50. The summed E-state index contributed by atoms with van der Waals surface area (Å²) in [7, 11) is 1.35. The van der Waals surface area contributed by atoms with Crippen molar-refractivity contribution in [3.05, 3.63) is 89.0 Å². The summed E-state index contributed by atoms with van der Waals surface area (Å²) in [5.41, 5.74) is 5.96. The van der Waals surface area contributed by atoms with E-state index in [1.807, 2.05) is 0 Å². The number of primary amides is 1. The Morgan fingerprint density at radius 3 is 2.59 bits per heavy atom. The number of nitrogens with one attached hydrogen (secondary N) is 1. The lowest BCUT2D eigenvalue weighted by atomic mass is 9.93. The van der Waals surface area contributed by atoms with Crippen molar-refractivity contribution in [3.63, 3.8) is 0 Å². The fraction of sp³-hybridized carbons (Fsp3) is 0.0833. The van der Waals surface area contributed by atoms with Gasteiger partial charge in [-0.05, 0) is 36.4 Å². The van der Waals surface area contributed by atoms with Crippen LogP contribution in [0.4, 0.5) is 16.4 Å². The van der Waals surface area contributed by atoms with Crippen LogP contribution in [-0.2, 0) is 5.72 Å². The van der Waals surface area contributed by atoms with Gasteiger partial charge >= 0.3 is 6.09 Å². The van der Waals surface area contributed by atoms with Crippen molar-refractivity contribution in [3.8, 4) is 0 Å². The number of imidazole rings is 1. The van der Waals surface area contributed by atoms with Crippen LogP contribution >= 0.6 is 0 Å². The van der Waals surface area contributed by atoms with E-state index in [9.17, 15) is 24.6 Å². The Bertz CT molecular complexity index is 1500. The maximum Gasteiger partial charge on any atom is 0.413 e. The number of aromatic nitrogens is 2. The van der Waals surface area contributed by atoms with Crippen molar-refractivity contribution < 1.29 is 24.6 Å². The number of H-pyrrole nitrogens is 1. The van der Waals surface area contributed by atoms with E-state index >= 15 is 0 Å². The molecule has 10 nitrogen and oxygen atoms in total. The predicted octanol–water partition coefficient (Wildman–Crippen LogP) is 2.63. The molecule has 5 N–H and O–H groups in total. The molecule has 4 aromatic rings. The Balaban J connectivity index is 1.71. The highest BCUT2D eigenvalue weighted by Crippen LogP contribution is 2.45. The Kier molecular flexibility index (Phi) is 4.62. The van der Waals surface area contributed by atoms with Gasteiger partial charge in [0.25, 0.3) is 5.91 Å². The topological polar surface area (TPSA) is 153 Å². The second-order valence-electron chi connectivity index (χ2n) is 7.91. The van der Waals surface area contributed by atoms with Crippen LogP contribution < -0.4 is 15.5 Å². The SMILES string of the molecule is CN(C(=O)O)c1nc2ccc(C3(O)c4ccccc4C(=O)N3c3cccc(C(N)=O)c3)cc2[nH]1. The molecule has 1 aromatic heterocycles. The molecule has 0 fully saturated rings. The van der Waals surface area contributed by atoms with Gasteiger partial charge in [-0.15, -0.1) is 0 Å². The molecular weight excluding hydrogens is 438 g/mol. The number of amides is 3. The quantitative estimate of drug-likeness (QED) is 0.370. The van der Waals surface area contributed by atoms with Crippen LogP contribution in [0.2, 0.25) is 0 Å². The van der Waals surface area contributed by atoms with Crippen LogP contribution in [0.15, 0.2) is 66.7 Å². The largest absolute Gasteiger partial charge is 0.465 e. The number of aromatic amines is 1. The average Bonchev–Trinajstić information content (AvgIpc) is 3.36. The third-order valence-corrected chi connectivity index (χ3v) is 5.93. The van der Waals surface area contributed by atoms with Crippen LogP contribution in [0.1, 0.15) is 31.8 Å². The zero-order valence-corrected chi connectivity index (χ0v) is 17.9. The van der Waals surface area contributed by atoms with Gasteiger partial charge in [0.05, 0.1) is 11.0 Å². The molecule has 0 saturated carbocycles. The van der Waals surface area contributed by atoms with Gasteiger partial charge in [-0.2, -0.15) is 0 Å². The summed E-state index contributed by atoms with van der Waals surface area (Å²) >= 11 is 0. The molecule has 0 radical (unpaired) electrons. The summed E-state index contributed by atoms with van der Waals surface area (Å²) in [5, 5.41) is 21.4. The highest BCUT2D eigenvalue weighted by molar-refractivity contribution is 6.13. The first kappa shape index (κ1) is 21.2. The van der Waals surface area contributed by atoms with Crippen LogP contribution in [0.3, 0.4) is 0 Å². The molecule has 170 valence electrons. The molecular formula is C24H19N5O5. The van der Waals surface area contributed by atoms with E-state index in [0.717, 1.165) is 4.90 Å². The van der Waals surface area contributed by atoms with E-state index < -0.39 is 23.6 Å². The molecule has 0 bridgehead atoms. The third kappa shape index (κ3) is 3.00. The Morgan fingerprint density at radius 1 is 1.09 bits per heavy atom. The fourth-order valence-corrected chi connectivity index (χ4v) is 4.21. The van der Waals surface area contributed by atoms with Gasteiger partial charge in [-0.3, -0.25) is 19.4 Å². The summed E-state index contributed by atoms with van der Waals surface area (Å²) in [6.07, 6.45) is -1.19. The number of nitrogens with two attached hydrogens (primary N) is 1. The summed E-state index contributed by atoms with van der Waals surface area (Å²) < 4.78 is 0. The number of carbonyl (C=O) groups excluding carboxylic acids is 2. The molecule has 2 heterocycles. The van der Waals surface area contributed by atoms with Crippen molar-refractivity contribution in [1.82, 2.24) is 9.97 Å². The summed E-state index contributed by atoms with van der Waals surface area (Å²) in [6.45, 7) is 0. The van der Waals surface area contributed by atoms with Crippen molar-refractivity contribution in [2.24, 2.45) is 5.73 Å². The molecule has 34 heavy (non-hydrogen) atoms. The number of benzene rings is 3. The molecule has 10 heteroatoms. The lowest BCUT2D eigenvalue weighted by Gasteiger charge is -2.35. The minimum Gasteiger partial charge on any atom is -0.465 e. The van der Waals surface area contributed by atoms with Crippen molar-refractivity contribution in [1.29, 1.82) is 0 Å². The molecule has 1 unspecified atom stereocenters. The maximum absolute atomic E-state index is 13.5. The molecule has 0 spiro atoms. The maximum atomic E-state index is 13.5. The number of aliphatic hydroxyl groups is 1. The van der Waals surface area contributed by atoms with Crippen molar-refractivity contribution in [2.45, 2.75) is 5.72 Å². The van der Waals surface area contributed by atoms with Gasteiger partial charge in [-0.25, -0.2) is 9.78 Å². The number of fused-ring (bicyclic) bond motifs is 2. The van der Waals surface area contributed by atoms with Crippen LogP contribution in [0, 0.1) is 0 Å². The van der Waals surface area contributed by atoms with Gasteiger partial charge in [0.15, 0.2) is 5.72 Å². The zero-order chi connectivity index (χ0) is 24.2. The first-order chi connectivity index (χ1) is 16.2. The van der Waals surface area contributed by atoms with Crippen LogP contribution in [-0.4, -0.2) is 45.1 Å². The van der Waals surface area contributed by atoms with Gasteiger partial charge < -0.3 is 20.9 Å². The Labute approximate surface area is 192 Å². The molecule has 1 aliphatic heterocycles. The minimum absolute atomic E-state index is 0.112. The molecule has 0 aliphatic carbocycles. The second-order valence-corrected chi connectivity index (χ2v) is 7.91. The molecule has 3 aromatic carbocycles. The zero-order valence-electron chi connectivity index (χ0n) is 17.9. The lowest BCUT2D eigenvalue weighted by Crippen LogP contribution is -2.45.